The highest BCUT2D eigenvalue weighted by atomic mass is 35.5. The molecule has 1 aliphatic carbocycles. The van der Waals surface area contributed by atoms with Crippen molar-refractivity contribution in [2.45, 2.75) is 44.4 Å². The molecule has 0 amide bonds. The smallest absolute Gasteiger partial charge is 0.304 e. The average Bonchev–Trinajstić information content (AvgIpc) is 3.86. The van der Waals surface area contributed by atoms with Gasteiger partial charge in [-0.05, 0) is 66.3 Å². The summed E-state index contributed by atoms with van der Waals surface area (Å²) >= 11 is 14.2. The van der Waals surface area contributed by atoms with Gasteiger partial charge in [0, 0.05) is 61.1 Å². The molecule has 8 rings (SSSR count). The van der Waals surface area contributed by atoms with Crippen LogP contribution in [0.25, 0.3) is 44.6 Å². The Kier molecular flexibility index (Phi) is 9.25. The van der Waals surface area contributed by atoms with Crippen molar-refractivity contribution >= 4 is 62.7 Å². The van der Waals surface area contributed by atoms with Crippen molar-refractivity contribution in [3.05, 3.63) is 99.3 Å². The molecule has 0 bridgehead atoms. The van der Waals surface area contributed by atoms with Crippen molar-refractivity contribution in [1.29, 1.82) is 5.26 Å². The number of benzene rings is 3. The fourth-order valence-corrected chi connectivity index (χ4v) is 7.90. The summed E-state index contributed by atoms with van der Waals surface area (Å²) in [5.74, 6) is -0.0346. The summed E-state index contributed by atoms with van der Waals surface area (Å²) in [6, 6.07) is 19.4. The fraction of sp³-hybridized carbons (Fsp3) is 0.256. The second-order valence-corrected chi connectivity index (χ2v) is 14.0. The number of carboxylic acids is 1. The van der Waals surface area contributed by atoms with Crippen LogP contribution in [0.15, 0.2) is 71.4 Å². The summed E-state index contributed by atoms with van der Waals surface area (Å²) in [7, 11) is 0. The third-order valence-electron chi connectivity index (χ3n) is 9.80. The molecular weight excluding hydrogens is 701 g/mol. The van der Waals surface area contributed by atoms with Crippen LogP contribution in [0.5, 0.6) is 0 Å². The lowest BCUT2D eigenvalue weighted by Crippen LogP contribution is -2.22. The minimum Gasteiger partial charge on any atom is -0.481 e. The average molecular weight is 735 g/mol. The van der Waals surface area contributed by atoms with E-state index in [2.05, 4.69) is 32.7 Å². The number of likely N-dealkylation sites (tertiary alicyclic amines) is 1. The second kappa shape index (κ2) is 14.1. The number of hydrogen-bond donors (Lipinski definition) is 4. The van der Waals surface area contributed by atoms with Gasteiger partial charge in [0.25, 0.3) is 0 Å². The molecule has 1 fully saturated rings. The van der Waals surface area contributed by atoms with Crippen molar-refractivity contribution in [1.82, 2.24) is 25.2 Å². The molecule has 3 aromatic carbocycles. The van der Waals surface area contributed by atoms with Gasteiger partial charge < -0.3 is 25.3 Å². The first-order chi connectivity index (χ1) is 25.3. The van der Waals surface area contributed by atoms with Gasteiger partial charge in [-0.25, -0.2) is 9.97 Å². The molecule has 262 valence electrons. The van der Waals surface area contributed by atoms with E-state index >= 15 is 0 Å². The number of aliphatic hydroxyl groups is 1. The molecule has 0 unspecified atom stereocenters. The molecule has 4 N–H and O–H groups in total. The van der Waals surface area contributed by atoms with Gasteiger partial charge in [0.05, 0.1) is 33.8 Å². The number of oxazole rings is 1. The Bertz CT molecular complexity index is 2410. The normalized spacial score (nSPS) is 17.1. The molecule has 0 saturated carbocycles. The van der Waals surface area contributed by atoms with Crippen molar-refractivity contribution in [3.63, 3.8) is 0 Å². The number of β-amino-alcohol motifs (C(OH)–C–C–N with tert-alkyl or cyclic N) is 1. The van der Waals surface area contributed by atoms with Gasteiger partial charge >= 0.3 is 5.97 Å². The van der Waals surface area contributed by atoms with E-state index in [4.69, 9.17) is 42.7 Å². The quantitative estimate of drug-likeness (QED) is 0.110. The SMILES string of the molecule is N#Cc1c2c(cc3nc(-c4cccc(-c5cccc(Nc6nccc7cc(CN8CC[C@@H](O)C8)cnc67)c5Cl)c4Cl)oc13)[C@@H](NCCC(=O)O)CC2. The van der Waals surface area contributed by atoms with E-state index in [0.29, 0.717) is 79.9 Å². The molecular formula is C39H33Cl2N7O4. The van der Waals surface area contributed by atoms with Crippen LogP contribution in [-0.2, 0) is 17.8 Å². The maximum absolute atomic E-state index is 11.0. The molecule has 52 heavy (non-hydrogen) atoms. The summed E-state index contributed by atoms with van der Waals surface area (Å²) in [4.78, 5) is 27.4. The zero-order chi connectivity index (χ0) is 35.9. The Hall–Kier alpha value is -5.09. The number of pyridine rings is 2. The van der Waals surface area contributed by atoms with E-state index in [1.165, 1.54) is 0 Å². The molecule has 13 heteroatoms. The molecule has 11 nitrogen and oxygen atoms in total. The Morgan fingerprint density at radius 2 is 1.87 bits per heavy atom. The fourth-order valence-electron chi connectivity index (χ4n) is 7.31. The van der Waals surface area contributed by atoms with E-state index in [1.807, 2.05) is 54.7 Å². The standard InChI is InChI=1S/C39H33Cl2N7O4/c40-34-25(3-1-5-27(34)39-47-32-16-28-24(29(17-42)37(32)52-39)7-8-30(28)43-13-10-33(50)51)26-4-2-6-31(35(26)41)46-38-36-22(9-12-44-38)15-21(18-45-36)19-48-14-11-23(49)20-48/h1-6,9,12,15-16,18,23,30,43,49H,7-8,10-11,13-14,19-20H2,(H,44,46)(H,50,51)/t23-,30+/m1/s1. The van der Waals surface area contributed by atoms with Gasteiger partial charge in [-0.15, -0.1) is 0 Å². The maximum Gasteiger partial charge on any atom is 0.304 e. The first-order valence-corrected chi connectivity index (χ1v) is 17.8. The number of carbonyl (C=O) groups is 1. The maximum atomic E-state index is 11.0. The lowest BCUT2D eigenvalue weighted by atomic mass is 10.0. The number of aliphatic carboxylic acids is 1. The molecule has 6 aromatic rings. The Morgan fingerprint density at radius 1 is 1.06 bits per heavy atom. The number of aliphatic hydroxyl groups excluding tert-OH is 1. The molecule has 4 heterocycles. The van der Waals surface area contributed by atoms with Crippen LogP contribution in [0.3, 0.4) is 0 Å². The molecule has 2 aliphatic rings. The number of halogens is 2. The van der Waals surface area contributed by atoms with Crippen LogP contribution in [0, 0.1) is 11.3 Å². The summed E-state index contributed by atoms with van der Waals surface area (Å²) < 4.78 is 6.25. The van der Waals surface area contributed by atoms with Crippen LogP contribution >= 0.6 is 23.2 Å². The summed E-state index contributed by atoms with van der Waals surface area (Å²) in [6.07, 6.45) is 5.53. The van der Waals surface area contributed by atoms with Crippen molar-refractivity contribution in [3.8, 4) is 28.7 Å². The van der Waals surface area contributed by atoms with Gasteiger partial charge in [-0.2, -0.15) is 5.26 Å². The molecule has 2 atom stereocenters. The van der Waals surface area contributed by atoms with Crippen LogP contribution < -0.4 is 10.6 Å². The largest absolute Gasteiger partial charge is 0.481 e. The van der Waals surface area contributed by atoms with Gasteiger partial charge in [0.2, 0.25) is 5.89 Å². The highest BCUT2D eigenvalue weighted by Gasteiger charge is 2.29. The molecule has 1 saturated heterocycles. The van der Waals surface area contributed by atoms with E-state index in [0.717, 1.165) is 48.0 Å². The van der Waals surface area contributed by atoms with Crippen molar-refractivity contribution in [2.24, 2.45) is 0 Å². The van der Waals surface area contributed by atoms with Crippen LogP contribution in [0.4, 0.5) is 11.5 Å². The first kappa shape index (κ1) is 34.0. The van der Waals surface area contributed by atoms with Gasteiger partial charge in [0.15, 0.2) is 11.4 Å². The number of anilines is 2. The van der Waals surface area contributed by atoms with E-state index in [9.17, 15) is 15.2 Å². The number of nitriles is 1. The topological polar surface area (TPSA) is 160 Å². The highest BCUT2D eigenvalue weighted by molar-refractivity contribution is 6.39. The number of fused-ring (bicyclic) bond motifs is 3. The first-order valence-electron chi connectivity index (χ1n) is 17.1. The van der Waals surface area contributed by atoms with Crippen molar-refractivity contribution in [2.75, 3.05) is 25.0 Å². The van der Waals surface area contributed by atoms with Crippen LogP contribution in [0.1, 0.15) is 47.6 Å². The third-order valence-corrected chi connectivity index (χ3v) is 10.6. The minimum absolute atomic E-state index is 0.00967. The zero-order valence-electron chi connectivity index (χ0n) is 27.9. The predicted molar refractivity (Wildman–Crippen MR) is 200 cm³/mol. The van der Waals surface area contributed by atoms with E-state index in [-0.39, 0.29) is 24.5 Å². The van der Waals surface area contributed by atoms with Gasteiger partial charge in [-0.3, -0.25) is 14.7 Å². The molecule has 1 aliphatic heterocycles. The number of aromatic nitrogens is 3. The third kappa shape index (κ3) is 6.45. The van der Waals surface area contributed by atoms with E-state index in [1.54, 1.807) is 6.20 Å². The number of nitrogens with one attached hydrogen (secondary N) is 2. The van der Waals surface area contributed by atoms with Crippen LogP contribution in [0.2, 0.25) is 10.0 Å². The molecule has 0 radical (unpaired) electrons. The Morgan fingerprint density at radius 3 is 2.65 bits per heavy atom. The number of nitrogens with zero attached hydrogens (tertiary/aromatic N) is 5. The Labute approximate surface area is 308 Å². The lowest BCUT2D eigenvalue weighted by molar-refractivity contribution is -0.136. The minimum atomic E-state index is -0.868. The van der Waals surface area contributed by atoms with Gasteiger partial charge in [0.1, 0.15) is 22.7 Å². The summed E-state index contributed by atoms with van der Waals surface area (Å²) in [5, 5.41) is 37.6. The number of carboxylic acid groups (broad SMARTS) is 1. The molecule has 0 spiro atoms. The predicted octanol–water partition coefficient (Wildman–Crippen LogP) is 7.65. The van der Waals surface area contributed by atoms with Crippen molar-refractivity contribution < 1.29 is 19.4 Å². The molecule has 3 aromatic heterocycles. The lowest BCUT2D eigenvalue weighted by Gasteiger charge is -2.16. The van der Waals surface area contributed by atoms with Gasteiger partial charge in [-0.1, -0.05) is 47.5 Å². The van der Waals surface area contributed by atoms with E-state index < -0.39 is 5.97 Å². The highest BCUT2D eigenvalue weighted by Crippen LogP contribution is 2.44. The number of hydrogen-bond acceptors (Lipinski definition) is 10. The monoisotopic (exact) mass is 733 g/mol. The summed E-state index contributed by atoms with van der Waals surface area (Å²) in [6.45, 7) is 2.57. The van der Waals surface area contributed by atoms with Crippen LogP contribution in [-0.4, -0.2) is 61.8 Å². The Balaban J connectivity index is 1.09. The summed E-state index contributed by atoms with van der Waals surface area (Å²) in [5.41, 5.74) is 7.47. The second-order valence-electron chi connectivity index (χ2n) is 13.2. The number of rotatable bonds is 10. The zero-order valence-corrected chi connectivity index (χ0v) is 29.4.